The molecule has 0 aliphatic carbocycles. The number of nitrogens with zero attached hydrogens (tertiary/aromatic N) is 3. The molecule has 3 rings (SSSR count). The van der Waals surface area contributed by atoms with E-state index < -0.39 is 10.2 Å². The van der Waals surface area contributed by atoms with E-state index in [2.05, 4.69) is 20.5 Å². The smallest absolute Gasteiger partial charge is 0.269 e. The molecule has 8 nitrogen and oxygen atoms in total. The van der Waals surface area contributed by atoms with Gasteiger partial charge >= 0.3 is 0 Å². The first-order chi connectivity index (χ1) is 13.5. The molecule has 0 saturated heterocycles. The largest absolute Gasteiger partial charge is 0.325 e. The second-order valence-electron chi connectivity index (χ2n) is 5.80. The molecule has 1 atom stereocenters. The van der Waals surface area contributed by atoms with Crippen LogP contribution in [0.3, 0.4) is 0 Å². The minimum Gasteiger partial charge on any atom is -0.325 e. The van der Waals surface area contributed by atoms with E-state index in [4.69, 9.17) is 0 Å². The number of hydrogen-bond acceptors (Lipinski definition) is 6. The van der Waals surface area contributed by atoms with Crippen LogP contribution in [0.1, 0.15) is 18.3 Å². The maximum atomic E-state index is 12.3. The van der Waals surface area contributed by atoms with Crippen molar-refractivity contribution in [2.45, 2.75) is 17.3 Å². The molecule has 1 amide bonds. The first-order valence-electron chi connectivity index (χ1n) is 8.39. The number of hydrogen-bond donors (Lipinski definition) is 2. The third-order valence-corrected chi connectivity index (χ3v) is 4.67. The average molecular weight is 395 g/mol. The van der Waals surface area contributed by atoms with Crippen molar-refractivity contribution in [2.24, 2.45) is 0 Å². The molecule has 0 fully saturated rings. The van der Waals surface area contributed by atoms with Crippen molar-refractivity contribution in [1.82, 2.24) is 15.2 Å². The van der Waals surface area contributed by atoms with Crippen molar-refractivity contribution in [3.05, 3.63) is 76.1 Å². The van der Waals surface area contributed by atoms with Gasteiger partial charge < -0.3 is 5.32 Å². The van der Waals surface area contributed by atoms with Crippen LogP contribution in [-0.2, 0) is 4.79 Å². The lowest BCUT2D eigenvalue weighted by atomic mass is 10.2. The Bertz CT molecular complexity index is 986. The number of non-ortho nitro benzene ring substituents is 1. The molecule has 3 aromatic rings. The third kappa shape index (κ3) is 5.27. The van der Waals surface area contributed by atoms with E-state index in [1.165, 1.54) is 36.0 Å². The molecule has 9 heteroatoms. The van der Waals surface area contributed by atoms with Crippen LogP contribution < -0.4 is 5.32 Å². The molecule has 2 N–H and O–H groups in total. The molecular weight excluding hydrogens is 378 g/mol. The number of nitro groups is 1. The van der Waals surface area contributed by atoms with Crippen LogP contribution in [0.5, 0.6) is 0 Å². The lowest BCUT2D eigenvalue weighted by molar-refractivity contribution is -0.384. The summed E-state index contributed by atoms with van der Waals surface area (Å²) in [4.78, 5) is 26.8. The highest BCUT2D eigenvalue weighted by Crippen LogP contribution is 2.22. The Balaban J connectivity index is 1.56. The monoisotopic (exact) mass is 395 g/mol. The quantitative estimate of drug-likeness (QED) is 0.355. The molecule has 0 spiro atoms. The van der Waals surface area contributed by atoms with Gasteiger partial charge in [0.1, 0.15) is 5.82 Å². The van der Waals surface area contributed by atoms with Crippen LogP contribution in [0.4, 0.5) is 11.4 Å². The van der Waals surface area contributed by atoms with Crippen molar-refractivity contribution in [2.75, 3.05) is 5.32 Å². The van der Waals surface area contributed by atoms with Crippen molar-refractivity contribution < 1.29 is 9.72 Å². The molecule has 1 unspecified atom stereocenters. The summed E-state index contributed by atoms with van der Waals surface area (Å²) in [7, 11) is 0. The Labute approximate surface area is 165 Å². The predicted molar refractivity (Wildman–Crippen MR) is 109 cm³/mol. The number of carbonyl (C=O) groups is 1. The van der Waals surface area contributed by atoms with Gasteiger partial charge in [-0.1, -0.05) is 48.2 Å². The van der Waals surface area contributed by atoms with E-state index >= 15 is 0 Å². The highest BCUT2D eigenvalue weighted by atomic mass is 32.2. The predicted octanol–water partition coefficient (Wildman–Crippen LogP) is 4.00. The van der Waals surface area contributed by atoms with Crippen LogP contribution in [0.25, 0.3) is 12.2 Å². The zero-order chi connectivity index (χ0) is 19.9. The Morgan fingerprint density at radius 3 is 2.57 bits per heavy atom. The number of rotatable bonds is 7. The van der Waals surface area contributed by atoms with Crippen molar-refractivity contribution in [1.29, 1.82) is 0 Å². The number of amides is 1. The summed E-state index contributed by atoms with van der Waals surface area (Å²) in [5.74, 6) is 0.347. The Hall–Kier alpha value is -3.46. The first kappa shape index (κ1) is 19.3. The minimum absolute atomic E-state index is 0.0303. The summed E-state index contributed by atoms with van der Waals surface area (Å²) in [5.41, 5.74) is 1.51. The normalized spacial score (nSPS) is 12.0. The van der Waals surface area contributed by atoms with E-state index in [0.717, 1.165) is 5.56 Å². The summed E-state index contributed by atoms with van der Waals surface area (Å²) in [6, 6.07) is 15.5. The van der Waals surface area contributed by atoms with Gasteiger partial charge in [0.25, 0.3) is 5.69 Å². The maximum absolute atomic E-state index is 12.3. The molecule has 28 heavy (non-hydrogen) atoms. The number of thioether (sulfide) groups is 1. The van der Waals surface area contributed by atoms with Crippen molar-refractivity contribution in [3.8, 4) is 0 Å². The Morgan fingerprint density at radius 1 is 1.18 bits per heavy atom. The molecule has 142 valence electrons. The molecule has 0 aliphatic heterocycles. The molecule has 0 radical (unpaired) electrons. The number of nitro benzene ring substituents is 1. The van der Waals surface area contributed by atoms with Crippen molar-refractivity contribution >= 4 is 41.2 Å². The summed E-state index contributed by atoms with van der Waals surface area (Å²) in [6.07, 6.45) is 3.73. The number of anilines is 1. The van der Waals surface area contributed by atoms with E-state index in [1.54, 1.807) is 6.92 Å². The fourth-order valence-corrected chi connectivity index (χ4v) is 2.98. The highest BCUT2D eigenvalue weighted by Gasteiger charge is 2.17. The topological polar surface area (TPSA) is 114 Å². The Morgan fingerprint density at radius 2 is 1.89 bits per heavy atom. The summed E-state index contributed by atoms with van der Waals surface area (Å²) >= 11 is 1.21. The fraction of sp³-hybridized carbons (Fsp3) is 0.105. The number of benzene rings is 2. The average Bonchev–Trinajstić information content (AvgIpc) is 3.15. The molecule has 1 aromatic heterocycles. The molecule has 2 aromatic carbocycles. The van der Waals surface area contributed by atoms with Crippen LogP contribution in [0.15, 0.2) is 59.8 Å². The van der Waals surface area contributed by atoms with Gasteiger partial charge in [0, 0.05) is 17.8 Å². The van der Waals surface area contributed by atoms with Gasteiger partial charge in [-0.2, -0.15) is 0 Å². The molecule has 0 aliphatic rings. The van der Waals surface area contributed by atoms with Gasteiger partial charge in [-0.05, 0) is 30.7 Å². The van der Waals surface area contributed by atoms with E-state index in [9.17, 15) is 14.9 Å². The lowest BCUT2D eigenvalue weighted by Crippen LogP contribution is -2.22. The van der Waals surface area contributed by atoms with Gasteiger partial charge in [-0.3, -0.25) is 20.0 Å². The summed E-state index contributed by atoms with van der Waals surface area (Å²) in [6.45, 7) is 1.74. The Kier molecular flexibility index (Phi) is 6.18. The number of aromatic amines is 1. The lowest BCUT2D eigenvalue weighted by Gasteiger charge is -2.09. The highest BCUT2D eigenvalue weighted by molar-refractivity contribution is 8.00. The minimum atomic E-state index is -0.489. The SMILES string of the molecule is CC(Sc1n[nH]c(/C=C/c2ccccc2)n1)C(=O)Nc1ccc([N+](=O)[O-])cc1. The number of aromatic nitrogens is 3. The summed E-state index contributed by atoms with van der Waals surface area (Å²) in [5, 5.41) is 20.3. The molecule has 1 heterocycles. The second kappa shape index (κ2) is 8.96. The van der Waals surface area contributed by atoms with Gasteiger partial charge in [-0.15, -0.1) is 5.10 Å². The van der Waals surface area contributed by atoms with Crippen LogP contribution in [-0.4, -0.2) is 31.3 Å². The van der Waals surface area contributed by atoms with E-state index in [0.29, 0.717) is 16.7 Å². The van der Waals surface area contributed by atoms with Gasteiger partial charge in [0.05, 0.1) is 10.2 Å². The standard InChI is InChI=1S/C19H17N5O3S/c1-13(18(25)20-15-8-10-16(11-9-15)24(26)27)28-19-21-17(22-23-19)12-7-14-5-3-2-4-6-14/h2-13H,1H3,(H,20,25)(H,21,22,23)/b12-7+. The van der Waals surface area contributed by atoms with Crippen molar-refractivity contribution in [3.63, 3.8) is 0 Å². The first-order valence-corrected chi connectivity index (χ1v) is 9.27. The zero-order valence-electron chi connectivity index (χ0n) is 14.9. The van der Waals surface area contributed by atoms with E-state index in [-0.39, 0.29) is 11.6 Å². The van der Waals surface area contributed by atoms with Crippen LogP contribution in [0, 0.1) is 10.1 Å². The van der Waals surface area contributed by atoms with E-state index in [1.807, 2.05) is 42.5 Å². The van der Waals surface area contributed by atoms with Gasteiger partial charge in [0.15, 0.2) is 0 Å². The second-order valence-corrected chi connectivity index (χ2v) is 7.11. The maximum Gasteiger partial charge on any atom is 0.269 e. The zero-order valence-corrected chi connectivity index (χ0v) is 15.7. The van der Waals surface area contributed by atoms with Gasteiger partial charge in [-0.25, -0.2) is 4.98 Å². The number of nitrogens with one attached hydrogen (secondary N) is 2. The van der Waals surface area contributed by atoms with Crippen LogP contribution >= 0.6 is 11.8 Å². The molecular formula is C19H17N5O3S. The van der Waals surface area contributed by atoms with Gasteiger partial charge in [0.2, 0.25) is 11.1 Å². The number of carbonyl (C=O) groups excluding carboxylic acids is 1. The third-order valence-electron chi connectivity index (χ3n) is 3.71. The number of H-pyrrole nitrogens is 1. The molecule has 0 bridgehead atoms. The summed E-state index contributed by atoms with van der Waals surface area (Å²) < 4.78 is 0. The van der Waals surface area contributed by atoms with Crippen LogP contribution in [0.2, 0.25) is 0 Å². The molecule has 0 saturated carbocycles. The fourth-order valence-electron chi connectivity index (χ4n) is 2.25.